The minimum atomic E-state index is -3.63. The number of nitrogens with zero attached hydrogens (tertiary/aromatic N) is 4. The average molecular weight is 500 g/mol. The van der Waals surface area contributed by atoms with Crippen molar-refractivity contribution >= 4 is 33.4 Å². The number of ether oxygens (including phenoxy) is 1. The van der Waals surface area contributed by atoms with Crippen molar-refractivity contribution in [3.63, 3.8) is 0 Å². The highest BCUT2D eigenvalue weighted by Gasteiger charge is 2.30. The molecule has 1 aromatic heterocycles. The molecule has 178 valence electrons. The second kappa shape index (κ2) is 9.87. The van der Waals surface area contributed by atoms with Gasteiger partial charge in [-0.15, -0.1) is 5.10 Å². The molecule has 9 nitrogen and oxygen atoms in total. The van der Waals surface area contributed by atoms with Gasteiger partial charge in [0.1, 0.15) is 5.82 Å². The van der Waals surface area contributed by atoms with E-state index in [9.17, 15) is 13.2 Å². The highest BCUT2D eigenvalue weighted by atomic mass is 32.2. The Hall–Kier alpha value is -2.73. The van der Waals surface area contributed by atoms with E-state index in [0.717, 1.165) is 24.4 Å². The quantitative estimate of drug-likeness (QED) is 0.475. The molecule has 2 aliphatic rings. The van der Waals surface area contributed by atoms with Gasteiger partial charge in [0.05, 0.1) is 29.5 Å². The highest BCUT2D eigenvalue weighted by Crippen LogP contribution is 2.40. The standard InChI is InChI=1S/C23H25N5O4S2/c29-21(24-18-5-4-8-20(15-18)34(30,31)27-11-13-32-14-12-27)16-33-23-25-22(17-9-10-17)28(26-23)19-6-2-1-3-7-19/h1-8,15,17H,9-14,16H2,(H,24,29). The fraction of sp³-hybridized carbons (Fsp3) is 0.348. The van der Waals surface area contributed by atoms with Gasteiger partial charge in [-0.05, 0) is 43.2 Å². The van der Waals surface area contributed by atoms with Crippen molar-refractivity contribution in [1.82, 2.24) is 19.1 Å². The Bertz CT molecular complexity index is 1270. The minimum absolute atomic E-state index is 0.114. The summed E-state index contributed by atoms with van der Waals surface area (Å²) in [5.41, 5.74) is 1.38. The Balaban J connectivity index is 1.24. The molecule has 2 aromatic carbocycles. The number of aromatic nitrogens is 3. The Morgan fingerprint density at radius 2 is 1.85 bits per heavy atom. The maximum atomic E-state index is 12.9. The fourth-order valence-corrected chi connectivity index (χ4v) is 5.81. The summed E-state index contributed by atoms with van der Waals surface area (Å²) >= 11 is 1.26. The van der Waals surface area contributed by atoms with Crippen LogP contribution in [0.5, 0.6) is 0 Å². The molecule has 1 saturated heterocycles. The van der Waals surface area contributed by atoms with Crippen molar-refractivity contribution in [2.24, 2.45) is 0 Å². The first kappa shape index (κ1) is 23.0. The molecule has 2 heterocycles. The Morgan fingerprint density at radius 1 is 1.09 bits per heavy atom. The minimum Gasteiger partial charge on any atom is -0.379 e. The van der Waals surface area contributed by atoms with Crippen LogP contribution in [0.25, 0.3) is 5.69 Å². The number of hydrogen-bond acceptors (Lipinski definition) is 7. The highest BCUT2D eigenvalue weighted by molar-refractivity contribution is 7.99. The van der Waals surface area contributed by atoms with Gasteiger partial charge in [0.2, 0.25) is 21.1 Å². The van der Waals surface area contributed by atoms with E-state index in [1.807, 2.05) is 35.0 Å². The van der Waals surface area contributed by atoms with Gasteiger partial charge in [0.15, 0.2) is 0 Å². The molecule has 0 bridgehead atoms. The number of nitrogens with one attached hydrogen (secondary N) is 1. The molecule has 1 aliphatic carbocycles. The molecule has 0 radical (unpaired) electrons. The number of amides is 1. The number of benzene rings is 2. The van der Waals surface area contributed by atoms with Crippen molar-refractivity contribution < 1.29 is 17.9 Å². The van der Waals surface area contributed by atoms with Crippen LogP contribution in [0.2, 0.25) is 0 Å². The van der Waals surface area contributed by atoms with Gasteiger partial charge in [-0.1, -0.05) is 36.0 Å². The lowest BCUT2D eigenvalue weighted by Crippen LogP contribution is -2.40. The van der Waals surface area contributed by atoms with Gasteiger partial charge >= 0.3 is 0 Å². The summed E-state index contributed by atoms with van der Waals surface area (Å²) in [6.07, 6.45) is 2.19. The summed E-state index contributed by atoms with van der Waals surface area (Å²) in [5.74, 6) is 1.20. The molecule has 0 atom stereocenters. The molecule has 3 aromatic rings. The second-order valence-corrected chi connectivity index (χ2v) is 11.0. The normalized spacial score (nSPS) is 16.9. The summed E-state index contributed by atoms with van der Waals surface area (Å²) in [4.78, 5) is 17.4. The predicted octanol–water partition coefficient (Wildman–Crippen LogP) is 2.90. The van der Waals surface area contributed by atoms with Crippen LogP contribution < -0.4 is 5.32 Å². The summed E-state index contributed by atoms with van der Waals surface area (Å²) < 4.78 is 34.3. The van der Waals surface area contributed by atoms with E-state index in [0.29, 0.717) is 43.1 Å². The molecule has 11 heteroatoms. The average Bonchev–Trinajstić information content (AvgIpc) is 3.63. The second-order valence-electron chi connectivity index (χ2n) is 8.16. The molecule has 1 N–H and O–H groups in total. The topological polar surface area (TPSA) is 106 Å². The third-order valence-corrected chi connectivity index (χ3v) is 8.35. The third-order valence-electron chi connectivity index (χ3n) is 5.61. The number of carbonyl (C=O) groups is 1. The maximum absolute atomic E-state index is 12.9. The number of hydrogen-bond donors (Lipinski definition) is 1. The summed E-state index contributed by atoms with van der Waals surface area (Å²) in [6, 6.07) is 16.2. The number of thioether (sulfide) groups is 1. The van der Waals surface area contributed by atoms with Crippen LogP contribution in [0.15, 0.2) is 64.6 Å². The smallest absolute Gasteiger partial charge is 0.243 e. The van der Waals surface area contributed by atoms with Gasteiger partial charge in [-0.25, -0.2) is 18.1 Å². The number of carbonyl (C=O) groups excluding carboxylic acids is 1. The van der Waals surface area contributed by atoms with Crippen LogP contribution in [0.3, 0.4) is 0 Å². The SMILES string of the molecule is O=C(CSc1nc(C2CC2)n(-c2ccccc2)n1)Nc1cccc(S(=O)(=O)N2CCOCC2)c1. The molecule has 0 unspecified atom stereocenters. The van der Waals surface area contributed by atoms with Crippen molar-refractivity contribution in [3.05, 3.63) is 60.4 Å². The Morgan fingerprint density at radius 3 is 2.59 bits per heavy atom. The third kappa shape index (κ3) is 5.17. The van der Waals surface area contributed by atoms with Crippen molar-refractivity contribution in [2.75, 3.05) is 37.4 Å². The zero-order valence-electron chi connectivity index (χ0n) is 18.5. The molecular weight excluding hydrogens is 474 g/mol. The van der Waals surface area contributed by atoms with Gasteiger partial charge in [0.25, 0.3) is 0 Å². The Labute approximate surface area is 202 Å². The number of sulfonamides is 1. The van der Waals surface area contributed by atoms with E-state index in [1.165, 1.54) is 28.2 Å². The summed E-state index contributed by atoms with van der Waals surface area (Å²) in [7, 11) is -3.63. The van der Waals surface area contributed by atoms with Crippen LogP contribution >= 0.6 is 11.8 Å². The van der Waals surface area contributed by atoms with Crippen molar-refractivity contribution in [2.45, 2.75) is 28.8 Å². The van der Waals surface area contributed by atoms with Crippen molar-refractivity contribution in [1.29, 1.82) is 0 Å². The van der Waals surface area contributed by atoms with Gasteiger partial charge in [-0.2, -0.15) is 4.31 Å². The van der Waals surface area contributed by atoms with Gasteiger partial charge in [0, 0.05) is 24.7 Å². The Kier molecular flexibility index (Phi) is 6.68. The maximum Gasteiger partial charge on any atom is 0.243 e. The van der Waals surface area contributed by atoms with E-state index < -0.39 is 10.0 Å². The lowest BCUT2D eigenvalue weighted by molar-refractivity contribution is -0.113. The van der Waals surface area contributed by atoms with E-state index >= 15 is 0 Å². The summed E-state index contributed by atoms with van der Waals surface area (Å²) in [5, 5.41) is 7.94. The van der Waals surface area contributed by atoms with E-state index in [1.54, 1.807) is 12.1 Å². The van der Waals surface area contributed by atoms with Crippen LogP contribution in [0.4, 0.5) is 5.69 Å². The van der Waals surface area contributed by atoms with Crippen LogP contribution in [0.1, 0.15) is 24.6 Å². The lowest BCUT2D eigenvalue weighted by atomic mass is 10.3. The first-order chi connectivity index (χ1) is 16.5. The monoisotopic (exact) mass is 499 g/mol. The van der Waals surface area contributed by atoms with Crippen LogP contribution in [-0.4, -0.2) is 65.5 Å². The molecule has 34 heavy (non-hydrogen) atoms. The number of anilines is 1. The number of para-hydroxylation sites is 1. The fourth-order valence-electron chi connectivity index (χ4n) is 3.73. The van der Waals surface area contributed by atoms with Crippen LogP contribution in [-0.2, 0) is 19.6 Å². The largest absolute Gasteiger partial charge is 0.379 e. The van der Waals surface area contributed by atoms with Crippen molar-refractivity contribution in [3.8, 4) is 5.69 Å². The first-order valence-corrected chi connectivity index (χ1v) is 13.6. The molecule has 1 saturated carbocycles. The van der Waals surface area contributed by atoms with Gasteiger partial charge in [-0.3, -0.25) is 4.79 Å². The lowest BCUT2D eigenvalue weighted by Gasteiger charge is -2.26. The van der Waals surface area contributed by atoms with E-state index in [-0.39, 0.29) is 16.6 Å². The molecule has 1 aliphatic heterocycles. The molecular formula is C23H25N5O4S2. The summed E-state index contributed by atoms with van der Waals surface area (Å²) in [6.45, 7) is 1.40. The van der Waals surface area contributed by atoms with E-state index in [2.05, 4.69) is 15.4 Å². The van der Waals surface area contributed by atoms with Gasteiger partial charge < -0.3 is 10.1 Å². The molecule has 5 rings (SSSR count). The predicted molar refractivity (Wildman–Crippen MR) is 129 cm³/mol. The van der Waals surface area contributed by atoms with Crippen LogP contribution in [0, 0.1) is 0 Å². The molecule has 1 amide bonds. The zero-order valence-corrected chi connectivity index (χ0v) is 20.1. The van der Waals surface area contributed by atoms with E-state index in [4.69, 9.17) is 4.74 Å². The zero-order chi connectivity index (χ0) is 23.5. The molecule has 2 fully saturated rings. The number of rotatable bonds is 8. The molecule has 0 spiro atoms. The number of morpholine rings is 1. The first-order valence-electron chi connectivity index (χ1n) is 11.1.